The lowest BCUT2D eigenvalue weighted by atomic mass is 10.1. The molecule has 3 N–H and O–H groups in total. The van der Waals surface area contributed by atoms with E-state index in [4.69, 9.17) is 0 Å². The van der Waals surface area contributed by atoms with E-state index in [0.29, 0.717) is 36.0 Å². The van der Waals surface area contributed by atoms with Crippen LogP contribution in [0.3, 0.4) is 0 Å². The molecule has 3 heterocycles. The fraction of sp³-hybridized carbons (Fsp3) is 0.737. The summed E-state index contributed by atoms with van der Waals surface area (Å²) in [7, 11) is -3.25. The van der Waals surface area contributed by atoms with Crippen LogP contribution in [-0.4, -0.2) is 75.4 Å². The van der Waals surface area contributed by atoms with Crippen molar-refractivity contribution >= 4 is 33.0 Å². The van der Waals surface area contributed by atoms with E-state index >= 15 is 0 Å². The second-order valence-electron chi connectivity index (χ2n) is 8.80. The summed E-state index contributed by atoms with van der Waals surface area (Å²) in [5.41, 5.74) is 1.33. The average molecular weight is 440 g/mol. The van der Waals surface area contributed by atoms with Gasteiger partial charge < -0.3 is 20.3 Å². The Labute approximate surface area is 178 Å². The van der Waals surface area contributed by atoms with Crippen molar-refractivity contribution in [1.29, 1.82) is 0 Å². The highest BCUT2D eigenvalue weighted by Crippen LogP contribution is 2.28. The number of hydrogen-bond acceptors (Lipinski definition) is 8. The van der Waals surface area contributed by atoms with Crippen LogP contribution in [0.5, 0.6) is 0 Å². The third-order valence-corrected chi connectivity index (χ3v) is 6.90. The Hall–Kier alpha value is -1.98. The smallest absolute Gasteiger partial charge is 0.227 e. The Morgan fingerprint density at radius 3 is 2.47 bits per heavy atom. The Morgan fingerprint density at radius 2 is 1.93 bits per heavy atom. The van der Waals surface area contributed by atoms with Gasteiger partial charge in [0.25, 0.3) is 0 Å². The van der Waals surface area contributed by atoms with E-state index in [1.54, 1.807) is 6.33 Å². The molecular formula is C19H33N7O3S. The topological polar surface area (TPSA) is 125 Å². The van der Waals surface area contributed by atoms with Crippen LogP contribution in [0.15, 0.2) is 6.33 Å². The highest BCUT2D eigenvalue weighted by atomic mass is 32.2. The molecule has 0 saturated carbocycles. The van der Waals surface area contributed by atoms with Gasteiger partial charge in [-0.05, 0) is 25.7 Å². The van der Waals surface area contributed by atoms with Gasteiger partial charge in [0.1, 0.15) is 0 Å². The second-order valence-corrected chi connectivity index (χ2v) is 10.8. The van der Waals surface area contributed by atoms with Gasteiger partial charge in [-0.3, -0.25) is 0 Å². The molecule has 2 aromatic rings. The quantitative estimate of drug-likeness (QED) is 0.565. The number of aliphatic hydroxyl groups is 1. The van der Waals surface area contributed by atoms with Crippen molar-refractivity contribution in [2.24, 2.45) is 11.8 Å². The number of hydrogen-bond donors (Lipinski definition) is 3. The molecule has 0 spiro atoms. The molecule has 0 aliphatic carbocycles. The van der Waals surface area contributed by atoms with Gasteiger partial charge in [0, 0.05) is 25.2 Å². The molecule has 1 saturated heterocycles. The number of aliphatic hydroxyl groups excluding tert-OH is 1. The van der Waals surface area contributed by atoms with Crippen LogP contribution in [0.1, 0.15) is 40.7 Å². The van der Waals surface area contributed by atoms with Crippen molar-refractivity contribution < 1.29 is 13.5 Å². The normalized spacial score (nSPS) is 21.6. The average Bonchev–Trinajstić information content (AvgIpc) is 3.23. The van der Waals surface area contributed by atoms with Crippen LogP contribution in [0.4, 0.5) is 11.8 Å². The minimum Gasteiger partial charge on any atom is -0.394 e. The number of aromatic nitrogens is 4. The summed E-state index contributed by atoms with van der Waals surface area (Å²) >= 11 is 0. The maximum atomic E-state index is 12.0. The number of anilines is 2. The molecule has 11 heteroatoms. The van der Waals surface area contributed by atoms with Crippen molar-refractivity contribution in [3.63, 3.8) is 0 Å². The van der Waals surface area contributed by atoms with Gasteiger partial charge in [-0.25, -0.2) is 13.4 Å². The standard InChI is InChI=1S/C19H33N7O3S/c1-11(2)15(9-27)22-19-23-17(16-18(24-19)26(10-20-16)12(3)4)21-14-8-25(7-13(14)5)30(6,28)29/h10-15,27H,7-9H2,1-6H3,(H2,21,22,23,24)/t13-,14-,15+/m1/s1. The van der Waals surface area contributed by atoms with Crippen LogP contribution in [0, 0.1) is 11.8 Å². The van der Waals surface area contributed by atoms with Gasteiger partial charge in [-0.2, -0.15) is 14.3 Å². The van der Waals surface area contributed by atoms with E-state index in [-0.39, 0.29) is 36.6 Å². The molecule has 0 unspecified atom stereocenters. The fourth-order valence-corrected chi connectivity index (χ4v) is 4.54. The first-order valence-corrected chi connectivity index (χ1v) is 12.2. The van der Waals surface area contributed by atoms with Gasteiger partial charge in [0.05, 0.1) is 25.2 Å². The summed E-state index contributed by atoms with van der Waals surface area (Å²) < 4.78 is 27.4. The van der Waals surface area contributed by atoms with E-state index in [1.807, 2.05) is 25.3 Å². The van der Waals surface area contributed by atoms with E-state index in [2.05, 4.69) is 39.4 Å². The first kappa shape index (κ1) is 22.7. The molecule has 10 nitrogen and oxygen atoms in total. The van der Waals surface area contributed by atoms with E-state index in [1.165, 1.54) is 10.6 Å². The number of nitrogens with one attached hydrogen (secondary N) is 2. The van der Waals surface area contributed by atoms with Gasteiger partial charge in [-0.1, -0.05) is 20.8 Å². The summed E-state index contributed by atoms with van der Waals surface area (Å²) in [6.45, 7) is 11.0. The first-order chi connectivity index (χ1) is 14.0. The van der Waals surface area contributed by atoms with Gasteiger partial charge in [-0.15, -0.1) is 0 Å². The van der Waals surface area contributed by atoms with Crippen LogP contribution in [-0.2, 0) is 10.0 Å². The largest absolute Gasteiger partial charge is 0.394 e. The van der Waals surface area contributed by atoms with Crippen molar-refractivity contribution in [1.82, 2.24) is 23.8 Å². The maximum absolute atomic E-state index is 12.0. The SMILES string of the molecule is CC(C)[C@H](CO)Nc1nc(N[C@@H]2CN(S(C)(=O)=O)C[C@H]2C)c2ncn(C(C)C)c2n1. The number of rotatable bonds is 8. The number of imidazole rings is 1. The molecule has 2 aromatic heterocycles. The third kappa shape index (κ3) is 4.68. The molecule has 0 aromatic carbocycles. The molecule has 3 atom stereocenters. The predicted molar refractivity (Wildman–Crippen MR) is 118 cm³/mol. The molecule has 30 heavy (non-hydrogen) atoms. The molecule has 0 radical (unpaired) electrons. The summed E-state index contributed by atoms with van der Waals surface area (Å²) in [5, 5.41) is 16.3. The molecular weight excluding hydrogens is 406 g/mol. The van der Waals surface area contributed by atoms with Gasteiger partial charge >= 0.3 is 0 Å². The molecule has 0 amide bonds. The van der Waals surface area contributed by atoms with Crippen LogP contribution in [0.2, 0.25) is 0 Å². The summed E-state index contributed by atoms with van der Waals surface area (Å²) in [5.74, 6) is 1.29. The number of nitrogens with zero attached hydrogens (tertiary/aromatic N) is 5. The molecule has 1 aliphatic heterocycles. The summed E-state index contributed by atoms with van der Waals surface area (Å²) in [6, 6.07) is -0.110. The monoisotopic (exact) mass is 439 g/mol. The predicted octanol–water partition coefficient (Wildman–Crippen LogP) is 1.53. The fourth-order valence-electron chi connectivity index (χ4n) is 3.61. The number of sulfonamides is 1. The Balaban J connectivity index is 1.98. The van der Waals surface area contributed by atoms with Crippen molar-refractivity contribution in [2.45, 2.75) is 52.7 Å². The van der Waals surface area contributed by atoms with E-state index in [0.717, 1.165) is 0 Å². The lowest BCUT2D eigenvalue weighted by Crippen LogP contribution is -2.32. The lowest BCUT2D eigenvalue weighted by Gasteiger charge is -2.22. The van der Waals surface area contributed by atoms with Crippen molar-refractivity contribution in [3.8, 4) is 0 Å². The highest BCUT2D eigenvalue weighted by molar-refractivity contribution is 7.88. The van der Waals surface area contributed by atoms with Crippen molar-refractivity contribution in [3.05, 3.63) is 6.33 Å². The lowest BCUT2D eigenvalue weighted by molar-refractivity contribution is 0.248. The van der Waals surface area contributed by atoms with Crippen LogP contribution in [0.25, 0.3) is 11.2 Å². The molecule has 1 fully saturated rings. The molecule has 0 bridgehead atoms. The van der Waals surface area contributed by atoms with Crippen molar-refractivity contribution in [2.75, 3.05) is 36.6 Å². The zero-order chi connectivity index (χ0) is 22.2. The summed E-state index contributed by atoms with van der Waals surface area (Å²) in [6.07, 6.45) is 2.98. The Morgan fingerprint density at radius 1 is 1.23 bits per heavy atom. The van der Waals surface area contributed by atoms with E-state index in [9.17, 15) is 13.5 Å². The molecule has 168 valence electrons. The zero-order valence-electron chi connectivity index (χ0n) is 18.5. The molecule has 3 rings (SSSR count). The highest BCUT2D eigenvalue weighted by Gasteiger charge is 2.35. The minimum atomic E-state index is -3.25. The zero-order valence-corrected chi connectivity index (χ0v) is 19.3. The van der Waals surface area contributed by atoms with Gasteiger partial charge in [0.15, 0.2) is 17.0 Å². The van der Waals surface area contributed by atoms with Gasteiger partial charge in [0.2, 0.25) is 16.0 Å². The van der Waals surface area contributed by atoms with E-state index < -0.39 is 10.0 Å². The Bertz CT molecular complexity index is 989. The third-order valence-electron chi connectivity index (χ3n) is 5.66. The molecule has 1 aliphatic rings. The summed E-state index contributed by atoms with van der Waals surface area (Å²) in [4.78, 5) is 13.8. The number of fused-ring (bicyclic) bond motifs is 1. The van der Waals surface area contributed by atoms with Crippen LogP contribution < -0.4 is 10.6 Å². The second kappa shape index (κ2) is 8.64. The van der Waals surface area contributed by atoms with Crippen LogP contribution >= 0.6 is 0 Å². The Kier molecular flexibility index (Phi) is 6.54. The first-order valence-electron chi connectivity index (χ1n) is 10.3. The maximum Gasteiger partial charge on any atom is 0.227 e. The minimum absolute atomic E-state index is 0.0335.